The van der Waals surface area contributed by atoms with E-state index in [1.807, 2.05) is 38.1 Å². The lowest BCUT2D eigenvalue weighted by molar-refractivity contribution is 0.0919. The maximum absolute atomic E-state index is 12.8. The van der Waals surface area contributed by atoms with Crippen LogP contribution in [0.3, 0.4) is 0 Å². The van der Waals surface area contributed by atoms with Gasteiger partial charge in [0.25, 0.3) is 5.91 Å². The van der Waals surface area contributed by atoms with Gasteiger partial charge in [0.1, 0.15) is 5.82 Å². The zero-order valence-electron chi connectivity index (χ0n) is 16.6. The molecule has 0 radical (unpaired) electrons. The van der Waals surface area contributed by atoms with Gasteiger partial charge in [-0.15, -0.1) is 0 Å². The average molecular weight is 388 g/mol. The number of imidazole rings is 1. The maximum Gasteiger partial charge on any atom is 0.272 e. The minimum absolute atomic E-state index is 0.120. The molecule has 0 unspecified atom stereocenters. The molecule has 2 atom stereocenters. The third-order valence-electron chi connectivity index (χ3n) is 5.77. The molecule has 2 N–H and O–H groups in total. The van der Waals surface area contributed by atoms with Gasteiger partial charge in [-0.05, 0) is 51.3 Å². The van der Waals surface area contributed by atoms with Crippen LogP contribution in [0.4, 0.5) is 0 Å². The number of rotatable bonds is 3. The Labute approximate surface area is 168 Å². The van der Waals surface area contributed by atoms with Gasteiger partial charge in [0.2, 0.25) is 0 Å². The van der Waals surface area contributed by atoms with Gasteiger partial charge in [0.15, 0.2) is 11.3 Å². The lowest BCUT2D eigenvalue weighted by Gasteiger charge is -2.28. The fourth-order valence-electron chi connectivity index (χ4n) is 4.39. The molecule has 148 valence electrons. The molecule has 1 aromatic carbocycles. The van der Waals surface area contributed by atoms with Crippen LogP contribution in [-0.2, 0) is 0 Å². The fourth-order valence-corrected chi connectivity index (χ4v) is 4.39. The van der Waals surface area contributed by atoms with Crippen molar-refractivity contribution in [3.8, 4) is 0 Å². The van der Waals surface area contributed by atoms with E-state index in [1.54, 1.807) is 10.6 Å². The van der Waals surface area contributed by atoms with E-state index in [9.17, 15) is 4.79 Å². The normalized spacial score (nSPS) is 19.7. The van der Waals surface area contributed by atoms with E-state index in [0.29, 0.717) is 17.3 Å². The predicted molar refractivity (Wildman–Crippen MR) is 111 cm³/mol. The first kappa shape index (κ1) is 17.8. The van der Waals surface area contributed by atoms with Gasteiger partial charge in [-0.1, -0.05) is 18.6 Å². The van der Waals surface area contributed by atoms with Crippen molar-refractivity contribution in [1.82, 2.24) is 29.9 Å². The smallest absolute Gasteiger partial charge is 0.272 e. The van der Waals surface area contributed by atoms with Crippen molar-refractivity contribution in [2.75, 3.05) is 0 Å². The van der Waals surface area contributed by atoms with Crippen LogP contribution in [0.2, 0.25) is 0 Å². The average Bonchev–Trinajstić information content (AvgIpc) is 3.32. The Bertz CT molecular complexity index is 1170. The summed E-state index contributed by atoms with van der Waals surface area (Å²) in [4.78, 5) is 25.5. The third kappa shape index (κ3) is 3.37. The number of aryl methyl sites for hydroxylation is 2. The number of benzene rings is 1. The molecule has 0 bridgehead atoms. The molecule has 7 heteroatoms. The molecule has 29 heavy (non-hydrogen) atoms. The molecular formula is C22H24N6O. The van der Waals surface area contributed by atoms with Gasteiger partial charge in [-0.25, -0.2) is 14.5 Å². The van der Waals surface area contributed by atoms with Crippen LogP contribution in [0.15, 0.2) is 36.4 Å². The van der Waals surface area contributed by atoms with Gasteiger partial charge in [0.05, 0.1) is 11.0 Å². The number of nitrogens with zero attached hydrogens (tertiary/aromatic N) is 4. The zero-order chi connectivity index (χ0) is 20.0. The van der Waals surface area contributed by atoms with Crippen LogP contribution in [0.1, 0.15) is 59.3 Å². The number of aromatic nitrogens is 5. The third-order valence-corrected chi connectivity index (χ3v) is 5.77. The van der Waals surface area contributed by atoms with Crippen LogP contribution < -0.4 is 5.32 Å². The monoisotopic (exact) mass is 388 g/mol. The fraction of sp³-hybridized carbons (Fsp3) is 0.364. The van der Waals surface area contributed by atoms with Crippen LogP contribution in [-0.4, -0.2) is 36.5 Å². The summed E-state index contributed by atoms with van der Waals surface area (Å²) in [5, 5.41) is 7.63. The number of fused-ring (bicyclic) bond motifs is 2. The molecule has 1 fully saturated rings. The minimum atomic E-state index is -0.136. The summed E-state index contributed by atoms with van der Waals surface area (Å²) in [6.07, 6.45) is 4.02. The number of carbonyl (C=O) groups excluding carboxylic acids is 1. The highest BCUT2D eigenvalue weighted by molar-refractivity contribution is 5.93. The summed E-state index contributed by atoms with van der Waals surface area (Å²) in [6, 6.07) is 11.9. The van der Waals surface area contributed by atoms with Gasteiger partial charge >= 0.3 is 0 Å². The highest BCUT2D eigenvalue weighted by Gasteiger charge is 2.27. The highest BCUT2D eigenvalue weighted by atomic mass is 16.2. The van der Waals surface area contributed by atoms with Gasteiger partial charge in [-0.2, -0.15) is 5.10 Å². The van der Waals surface area contributed by atoms with Gasteiger partial charge in [-0.3, -0.25) is 4.79 Å². The molecule has 5 rings (SSSR count). The molecule has 1 aliphatic rings. The number of para-hydroxylation sites is 2. The lowest BCUT2D eigenvalue weighted by Crippen LogP contribution is -2.38. The molecule has 0 saturated heterocycles. The first-order valence-corrected chi connectivity index (χ1v) is 10.2. The Morgan fingerprint density at radius 1 is 1.17 bits per heavy atom. The van der Waals surface area contributed by atoms with E-state index in [0.717, 1.165) is 53.9 Å². The Morgan fingerprint density at radius 3 is 2.90 bits per heavy atom. The van der Waals surface area contributed by atoms with Crippen molar-refractivity contribution >= 4 is 22.6 Å². The second-order valence-electron chi connectivity index (χ2n) is 8.01. The van der Waals surface area contributed by atoms with Crippen LogP contribution in [0.5, 0.6) is 0 Å². The van der Waals surface area contributed by atoms with Crippen molar-refractivity contribution < 1.29 is 4.79 Å². The molecular weight excluding hydrogens is 364 g/mol. The number of carbonyl (C=O) groups is 1. The van der Waals surface area contributed by atoms with E-state index in [4.69, 9.17) is 4.98 Å². The molecule has 0 spiro atoms. The minimum Gasteiger partial charge on any atom is -0.348 e. The molecule has 3 aromatic heterocycles. The Kier molecular flexibility index (Phi) is 4.30. The van der Waals surface area contributed by atoms with Crippen molar-refractivity contribution in [1.29, 1.82) is 0 Å². The van der Waals surface area contributed by atoms with E-state index in [1.165, 1.54) is 0 Å². The van der Waals surface area contributed by atoms with Crippen molar-refractivity contribution in [2.45, 2.75) is 51.5 Å². The number of H-pyrrole nitrogens is 1. The van der Waals surface area contributed by atoms with Crippen LogP contribution >= 0.6 is 0 Å². The van der Waals surface area contributed by atoms with Crippen LogP contribution in [0.25, 0.3) is 16.7 Å². The first-order chi connectivity index (χ1) is 14.1. The number of hydrogen-bond acceptors (Lipinski definition) is 4. The topological polar surface area (TPSA) is 88.0 Å². The Morgan fingerprint density at radius 2 is 2.03 bits per heavy atom. The molecule has 1 aliphatic carbocycles. The molecule has 1 amide bonds. The second kappa shape index (κ2) is 6.99. The summed E-state index contributed by atoms with van der Waals surface area (Å²) in [5.41, 5.74) is 5.07. The SMILES string of the molecule is Cc1cc(C)n2nc(C(=O)N[C@@H]3CCC[C@H](c4nc5ccccc5[nH]4)C3)cc2n1. The van der Waals surface area contributed by atoms with Gasteiger partial charge < -0.3 is 10.3 Å². The van der Waals surface area contributed by atoms with Crippen molar-refractivity contribution in [3.05, 3.63) is 59.3 Å². The molecule has 7 nitrogen and oxygen atoms in total. The summed E-state index contributed by atoms with van der Waals surface area (Å²) in [5.74, 6) is 1.21. The van der Waals surface area contributed by atoms with Crippen molar-refractivity contribution in [2.24, 2.45) is 0 Å². The van der Waals surface area contributed by atoms with Gasteiger partial charge in [0, 0.05) is 29.4 Å². The Balaban J connectivity index is 1.32. The van der Waals surface area contributed by atoms with E-state index in [-0.39, 0.29) is 11.9 Å². The van der Waals surface area contributed by atoms with Crippen LogP contribution in [0, 0.1) is 13.8 Å². The van der Waals surface area contributed by atoms with E-state index >= 15 is 0 Å². The second-order valence-corrected chi connectivity index (χ2v) is 8.01. The largest absolute Gasteiger partial charge is 0.348 e. The number of amides is 1. The molecule has 0 aliphatic heterocycles. The van der Waals surface area contributed by atoms with E-state index < -0.39 is 0 Å². The first-order valence-electron chi connectivity index (χ1n) is 10.2. The predicted octanol–water partition coefficient (Wildman–Crippen LogP) is 3.68. The summed E-state index contributed by atoms with van der Waals surface area (Å²) < 4.78 is 1.72. The molecule has 4 aromatic rings. The summed E-state index contributed by atoms with van der Waals surface area (Å²) in [7, 11) is 0. The number of hydrogen-bond donors (Lipinski definition) is 2. The van der Waals surface area contributed by atoms with E-state index in [2.05, 4.69) is 26.4 Å². The molecule has 3 heterocycles. The summed E-state index contributed by atoms with van der Waals surface area (Å²) >= 11 is 0. The Hall–Kier alpha value is -3.22. The lowest BCUT2D eigenvalue weighted by atomic mass is 9.85. The number of nitrogens with one attached hydrogen (secondary N) is 2. The number of aromatic amines is 1. The summed E-state index contributed by atoms with van der Waals surface area (Å²) in [6.45, 7) is 3.91. The maximum atomic E-state index is 12.8. The van der Waals surface area contributed by atoms with Crippen molar-refractivity contribution in [3.63, 3.8) is 0 Å². The highest BCUT2D eigenvalue weighted by Crippen LogP contribution is 2.32. The quantitative estimate of drug-likeness (QED) is 0.560. The standard InChI is InChI=1S/C22H24N6O/c1-13-10-14(2)28-20(23-13)12-19(27-28)22(29)24-16-7-5-6-15(11-16)21-25-17-8-3-4-9-18(17)26-21/h3-4,8-10,12,15-16H,5-7,11H2,1-2H3,(H,24,29)(H,25,26)/t15-,16+/m0/s1. The zero-order valence-corrected chi connectivity index (χ0v) is 16.6. The molecule has 1 saturated carbocycles.